The molecule has 0 bridgehead atoms. The molecule has 2 heterocycles. The van der Waals surface area contributed by atoms with Crippen molar-refractivity contribution in [2.24, 2.45) is 0 Å². The summed E-state index contributed by atoms with van der Waals surface area (Å²) in [5, 5.41) is 18.4. The van der Waals surface area contributed by atoms with Crippen molar-refractivity contribution in [1.29, 1.82) is 0 Å². The van der Waals surface area contributed by atoms with Crippen LogP contribution in [0.25, 0.3) is 5.69 Å². The molecule has 8 nitrogen and oxygen atoms in total. The van der Waals surface area contributed by atoms with Crippen LogP contribution in [-0.4, -0.2) is 33.7 Å². The van der Waals surface area contributed by atoms with Gasteiger partial charge >= 0.3 is 0 Å². The van der Waals surface area contributed by atoms with Gasteiger partial charge in [-0.3, -0.25) is 14.9 Å². The Kier molecular flexibility index (Phi) is 4.76. The lowest BCUT2D eigenvalue weighted by molar-refractivity contribution is -0.384. The maximum absolute atomic E-state index is 12.6. The molecule has 1 amide bonds. The molecule has 0 aliphatic carbocycles. The van der Waals surface area contributed by atoms with E-state index in [0.717, 1.165) is 31.6 Å². The van der Waals surface area contributed by atoms with Crippen molar-refractivity contribution < 1.29 is 9.72 Å². The van der Waals surface area contributed by atoms with E-state index < -0.39 is 4.92 Å². The minimum Gasteiger partial charge on any atom is -0.366 e. The molecule has 1 saturated heterocycles. The molecule has 1 fully saturated rings. The molecule has 1 N–H and O–H groups in total. The van der Waals surface area contributed by atoms with Crippen molar-refractivity contribution in [3.63, 3.8) is 0 Å². The molecule has 2 aromatic carbocycles. The molecule has 142 valence electrons. The number of nitrogens with one attached hydrogen (secondary N) is 1. The number of hydrogen-bond acceptors (Lipinski definition) is 5. The fraction of sp³-hybridized carbons (Fsp3) is 0.200. The summed E-state index contributed by atoms with van der Waals surface area (Å²) in [6.07, 6.45) is 5.56. The highest BCUT2D eigenvalue weighted by molar-refractivity contribution is 6.05. The van der Waals surface area contributed by atoms with Crippen molar-refractivity contribution in [3.05, 3.63) is 76.6 Å². The van der Waals surface area contributed by atoms with Crippen LogP contribution in [0.3, 0.4) is 0 Å². The molecule has 28 heavy (non-hydrogen) atoms. The van der Waals surface area contributed by atoms with Gasteiger partial charge in [-0.2, -0.15) is 5.10 Å². The first-order chi connectivity index (χ1) is 13.6. The Hall–Kier alpha value is -3.68. The number of carbonyl (C=O) groups excluding carboxylic acids is 1. The maximum atomic E-state index is 12.6. The smallest absolute Gasteiger partial charge is 0.293 e. The van der Waals surface area contributed by atoms with E-state index in [4.69, 9.17) is 0 Å². The Morgan fingerprint density at radius 1 is 1.11 bits per heavy atom. The summed E-state index contributed by atoms with van der Waals surface area (Å²) in [6.45, 7) is 1.60. The van der Waals surface area contributed by atoms with Crippen LogP contribution in [0, 0.1) is 10.1 Å². The second kappa shape index (κ2) is 7.51. The van der Waals surface area contributed by atoms with Gasteiger partial charge in [-0.25, -0.2) is 4.68 Å². The second-order valence-electron chi connectivity index (χ2n) is 6.61. The fourth-order valence-electron chi connectivity index (χ4n) is 3.36. The predicted octanol–water partition coefficient (Wildman–Crippen LogP) is 3.63. The van der Waals surface area contributed by atoms with Gasteiger partial charge in [-0.15, -0.1) is 0 Å². The molecule has 0 atom stereocenters. The molecule has 1 aliphatic heterocycles. The topological polar surface area (TPSA) is 93.3 Å². The van der Waals surface area contributed by atoms with Gasteiger partial charge in [0.2, 0.25) is 0 Å². The van der Waals surface area contributed by atoms with E-state index in [1.807, 2.05) is 29.3 Å². The van der Waals surface area contributed by atoms with Gasteiger partial charge in [0.1, 0.15) is 5.69 Å². The highest BCUT2D eigenvalue weighted by Gasteiger charge is 2.23. The standard InChI is InChI=1S/C20H19N5O3/c26-20(22-16-5-7-17(8-6-16)24-13-3-10-21-24)15-4-9-18(19(14-15)25(27)28)23-11-1-2-12-23/h3-10,13-14H,1-2,11-12H2,(H,22,26). The lowest BCUT2D eigenvalue weighted by Crippen LogP contribution is -2.19. The Balaban J connectivity index is 1.53. The molecule has 1 aromatic heterocycles. The highest BCUT2D eigenvalue weighted by Crippen LogP contribution is 2.31. The van der Waals surface area contributed by atoms with E-state index in [0.29, 0.717) is 11.4 Å². The first-order valence-electron chi connectivity index (χ1n) is 9.07. The number of rotatable bonds is 5. The van der Waals surface area contributed by atoms with Gasteiger partial charge in [0.15, 0.2) is 0 Å². The van der Waals surface area contributed by atoms with Crippen LogP contribution in [-0.2, 0) is 0 Å². The van der Waals surface area contributed by atoms with Crippen LogP contribution in [0.1, 0.15) is 23.2 Å². The van der Waals surface area contributed by atoms with Crippen LogP contribution in [0.4, 0.5) is 17.1 Å². The third-order valence-electron chi connectivity index (χ3n) is 4.78. The summed E-state index contributed by atoms with van der Waals surface area (Å²) in [5.41, 5.74) is 2.26. The number of nitrogens with zero attached hydrogens (tertiary/aromatic N) is 4. The quantitative estimate of drug-likeness (QED) is 0.541. The highest BCUT2D eigenvalue weighted by atomic mass is 16.6. The molecule has 0 unspecified atom stereocenters. The number of benzene rings is 2. The molecule has 0 radical (unpaired) electrons. The minimum absolute atomic E-state index is 0.0384. The summed E-state index contributed by atoms with van der Waals surface area (Å²) < 4.78 is 1.71. The predicted molar refractivity (Wildman–Crippen MR) is 106 cm³/mol. The zero-order valence-electron chi connectivity index (χ0n) is 15.1. The van der Waals surface area contributed by atoms with Crippen molar-refractivity contribution in [1.82, 2.24) is 9.78 Å². The second-order valence-corrected chi connectivity index (χ2v) is 6.61. The average Bonchev–Trinajstić information content (AvgIpc) is 3.42. The van der Waals surface area contributed by atoms with Crippen molar-refractivity contribution >= 4 is 23.0 Å². The van der Waals surface area contributed by atoms with Gasteiger partial charge < -0.3 is 10.2 Å². The third-order valence-corrected chi connectivity index (χ3v) is 4.78. The monoisotopic (exact) mass is 377 g/mol. The minimum atomic E-state index is -0.427. The molecule has 8 heteroatoms. The largest absolute Gasteiger partial charge is 0.366 e. The van der Waals surface area contributed by atoms with E-state index in [2.05, 4.69) is 10.4 Å². The molecule has 3 aromatic rings. The first-order valence-corrected chi connectivity index (χ1v) is 9.07. The van der Waals surface area contributed by atoms with Crippen LogP contribution < -0.4 is 10.2 Å². The number of amides is 1. The normalized spacial score (nSPS) is 13.5. The van der Waals surface area contributed by atoms with Crippen LogP contribution >= 0.6 is 0 Å². The van der Waals surface area contributed by atoms with Gasteiger partial charge in [-0.05, 0) is 55.3 Å². The van der Waals surface area contributed by atoms with E-state index in [1.54, 1.807) is 35.1 Å². The number of aromatic nitrogens is 2. The number of nitro groups is 1. The third kappa shape index (κ3) is 3.57. The van der Waals surface area contributed by atoms with Gasteiger partial charge in [0.25, 0.3) is 11.6 Å². The zero-order chi connectivity index (χ0) is 19.5. The van der Waals surface area contributed by atoms with E-state index in [9.17, 15) is 14.9 Å². The lowest BCUT2D eigenvalue weighted by atomic mass is 10.1. The fourth-order valence-corrected chi connectivity index (χ4v) is 3.36. The van der Waals surface area contributed by atoms with Gasteiger partial charge in [0, 0.05) is 42.8 Å². The number of anilines is 2. The van der Waals surface area contributed by atoms with Crippen molar-refractivity contribution in [3.8, 4) is 5.69 Å². The summed E-state index contributed by atoms with van der Waals surface area (Å²) in [6, 6.07) is 13.7. The van der Waals surface area contributed by atoms with E-state index in [-0.39, 0.29) is 17.2 Å². The Morgan fingerprint density at radius 3 is 2.50 bits per heavy atom. The van der Waals surface area contributed by atoms with Crippen molar-refractivity contribution in [2.45, 2.75) is 12.8 Å². The summed E-state index contributed by atoms with van der Waals surface area (Å²) in [5.74, 6) is -0.386. The molecule has 1 aliphatic rings. The van der Waals surface area contributed by atoms with Crippen LogP contribution in [0.2, 0.25) is 0 Å². The lowest BCUT2D eigenvalue weighted by Gasteiger charge is -2.17. The SMILES string of the molecule is O=C(Nc1ccc(-n2cccn2)cc1)c1ccc(N2CCCC2)c([N+](=O)[O-])c1. The molecular weight excluding hydrogens is 358 g/mol. The molecule has 0 saturated carbocycles. The summed E-state index contributed by atoms with van der Waals surface area (Å²) in [7, 11) is 0. The molecule has 0 spiro atoms. The zero-order valence-corrected chi connectivity index (χ0v) is 15.1. The molecular formula is C20H19N5O3. The van der Waals surface area contributed by atoms with Crippen LogP contribution in [0.15, 0.2) is 60.9 Å². The Labute approximate surface area is 161 Å². The van der Waals surface area contributed by atoms with Crippen LogP contribution in [0.5, 0.6) is 0 Å². The average molecular weight is 377 g/mol. The number of hydrogen-bond donors (Lipinski definition) is 1. The Bertz CT molecular complexity index is 993. The van der Waals surface area contributed by atoms with E-state index >= 15 is 0 Å². The molecule has 4 rings (SSSR count). The number of nitro benzene ring substituents is 1. The summed E-state index contributed by atoms with van der Waals surface area (Å²) >= 11 is 0. The first kappa shape index (κ1) is 17.7. The number of carbonyl (C=O) groups is 1. The van der Waals surface area contributed by atoms with Gasteiger partial charge in [-0.1, -0.05) is 0 Å². The summed E-state index contributed by atoms with van der Waals surface area (Å²) in [4.78, 5) is 25.6. The van der Waals surface area contributed by atoms with Gasteiger partial charge in [0.05, 0.1) is 10.6 Å². The maximum Gasteiger partial charge on any atom is 0.293 e. The Morgan fingerprint density at radius 2 is 1.86 bits per heavy atom. The van der Waals surface area contributed by atoms with E-state index in [1.165, 1.54) is 6.07 Å². The van der Waals surface area contributed by atoms with Crippen molar-refractivity contribution in [2.75, 3.05) is 23.3 Å².